The zero-order valence-corrected chi connectivity index (χ0v) is 12.7. The van der Waals surface area contributed by atoms with Crippen molar-refractivity contribution in [1.29, 1.82) is 0 Å². The minimum Gasteiger partial charge on any atom is -0.267 e. The van der Waals surface area contributed by atoms with Gasteiger partial charge in [0.05, 0.1) is 5.54 Å². The van der Waals surface area contributed by atoms with Crippen molar-refractivity contribution in [3.63, 3.8) is 0 Å². The number of fused-ring (bicyclic) bond motifs is 1. The second kappa shape index (κ2) is 4.87. The largest absolute Gasteiger partial charge is 0.273 e. The first-order valence-corrected chi connectivity index (χ1v) is 7.96. The summed E-state index contributed by atoms with van der Waals surface area (Å²) in [5.41, 5.74) is 2.89. The molecule has 1 spiro atoms. The van der Waals surface area contributed by atoms with Crippen LogP contribution in [0.3, 0.4) is 0 Å². The van der Waals surface area contributed by atoms with Crippen molar-refractivity contribution >= 4 is 5.91 Å². The van der Waals surface area contributed by atoms with Crippen molar-refractivity contribution in [3.05, 3.63) is 72.1 Å². The van der Waals surface area contributed by atoms with E-state index in [9.17, 15) is 4.79 Å². The predicted octanol–water partition coefficient (Wildman–Crippen LogP) is 3.69. The van der Waals surface area contributed by atoms with Gasteiger partial charge in [-0.05, 0) is 48.6 Å². The van der Waals surface area contributed by atoms with E-state index in [0.717, 1.165) is 36.8 Å². The Morgan fingerprint density at radius 2 is 1.82 bits per heavy atom. The molecule has 1 fully saturated rings. The molecule has 2 aliphatic rings. The van der Waals surface area contributed by atoms with Crippen LogP contribution >= 0.6 is 0 Å². The Hall–Kier alpha value is -2.29. The summed E-state index contributed by atoms with van der Waals surface area (Å²) in [5.74, 6) is 0.0844. The van der Waals surface area contributed by atoms with Gasteiger partial charge in [-0.3, -0.25) is 9.47 Å². The monoisotopic (exact) mass is 292 g/mol. The van der Waals surface area contributed by atoms with Crippen LogP contribution in [0.1, 0.15) is 41.6 Å². The Morgan fingerprint density at radius 1 is 1.05 bits per heavy atom. The fourth-order valence-corrected chi connectivity index (χ4v) is 4.00. The van der Waals surface area contributed by atoms with E-state index in [0.29, 0.717) is 0 Å². The number of amides is 1. The van der Waals surface area contributed by atoms with Gasteiger partial charge < -0.3 is 0 Å². The van der Waals surface area contributed by atoms with Crippen LogP contribution in [0.5, 0.6) is 0 Å². The quantitative estimate of drug-likeness (QED) is 0.736. The SMILES string of the molecule is C=C1CCCCC12Cc1ccccc1C(=O)N2n1cccc1. The molecule has 2 heterocycles. The van der Waals surface area contributed by atoms with Crippen molar-refractivity contribution in [2.24, 2.45) is 0 Å². The molecule has 0 bridgehead atoms. The summed E-state index contributed by atoms with van der Waals surface area (Å²) in [5, 5.41) is 1.94. The standard InChI is InChI=1S/C19H20N2O/c1-15-8-4-5-11-19(15)14-16-9-2-3-10-17(16)18(22)21(19)20-12-6-7-13-20/h2-3,6-7,9-10,12-13H,1,4-5,8,11,14H2. The van der Waals surface area contributed by atoms with Gasteiger partial charge in [0.15, 0.2) is 0 Å². The maximum Gasteiger partial charge on any atom is 0.273 e. The van der Waals surface area contributed by atoms with Gasteiger partial charge in [0.1, 0.15) is 0 Å². The topological polar surface area (TPSA) is 25.2 Å². The third-order valence-electron chi connectivity index (χ3n) is 5.13. The van der Waals surface area contributed by atoms with Gasteiger partial charge in [-0.1, -0.05) is 31.2 Å². The maximum atomic E-state index is 13.2. The molecule has 22 heavy (non-hydrogen) atoms. The van der Waals surface area contributed by atoms with E-state index in [1.165, 1.54) is 12.0 Å². The van der Waals surface area contributed by atoms with Gasteiger partial charge in [0.25, 0.3) is 5.91 Å². The van der Waals surface area contributed by atoms with Gasteiger partial charge in [0, 0.05) is 24.4 Å². The van der Waals surface area contributed by atoms with Crippen LogP contribution in [0.2, 0.25) is 0 Å². The molecule has 112 valence electrons. The van der Waals surface area contributed by atoms with Crippen molar-refractivity contribution in [3.8, 4) is 0 Å². The summed E-state index contributed by atoms with van der Waals surface area (Å²) in [7, 11) is 0. The number of carbonyl (C=O) groups excluding carboxylic acids is 1. The maximum absolute atomic E-state index is 13.2. The molecule has 1 saturated carbocycles. The summed E-state index contributed by atoms with van der Waals surface area (Å²) < 4.78 is 1.94. The molecular weight excluding hydrogens is 272 g/mol. The first-order chi connectivity index (χ1) is 10.7. The summed E-state index contributed by atoms with van der Waals surface area (Å²) in [6.07, 6.45) is 9.09. The normalized spacial score (nSPS) is 24.6. The molecule has 3 heteroatoms. The van der Waals surface area contributed by atoms with Crippen molar-refractivity contribution in [2.45, 2.75) is 37.6 Å². The van der Waals surface area contributed by atoms with Crippen molar-refractivity contribution in [1.82, 2.24) is 4.68 Å². The molecule has 0 saturated heterocycles. The highest BCUT2D eigenvalue weighted by Gasteiger charge is 2.48. The zero-order valence-electron chi connectivity index (χ0n) is 12.7. The Bertz CT molecular complexity index is 732. The van der Waals surface area contributed by atoms with E-state index in [-0.39, 0.29) is 11.4 Å². The van der Waals surface area contributed by atoms with E-state index in [2.05, 4.69) is 12.6 Å². The van der Waals surface area contributed by atoms with Gasteiger partial charge in [-0.25, -0.2) is 5.01 Å². The van der Waals surface area contributed by atoms with Gasteiger partial charge >= 0.3 is 0 Å². The summed E-state index contributed by atoms with van der Waals surface area (Å²) in [6.45, 7) is 4.35. The van der Waals surface area contributed by atoms with E-state index >= 15 is 0 Å². The molecule has 1 aliphatic heterocycles. The average Bonchev–Trinajstić information content (AvgIpc) is 3.04. The van der Waals surface area contributed by atoms with Crippen LogP contribution in [-0.4, -0.2) is 16.1 Å². The smallest absolute Gasteiger partial charge is 0.267 e. The zero-order chi connectivity index (χ0) is 15.2. The Labute approximate surface area is 130 Å². The van der Waals surface area contributed by atoms with E-state index in [1.54, 1.807) is 0 Å². The highest BCUT2D eigenvalue weighted by Crippen LogP contribution is 2.43. The number of benzene rings is 1. The first-order valence-electron chi connectivity index (χ1n) is 7.96. The number of carbonyl (C=O) groups is 1. The Balaban J connectivity index is 1.92. The molecule has 3 nitrogen and oxygen atoms in total. The average molecular weight is 292 g/mol. The van der Waals surface area contributed by atoms with Crippen molar-refractivity contribution < 1.29 is 4.79 Å². The minimum absolute atomic E-state index is 0.0844. The molecule has 1 aromatic carbocycles. The number of nitrogens with zero attached hydrogens (tertiary/aromatic N) is 2. The predicted molar refractivity (Wildman–Crippen MR) is 87.5 cm³/mol. The molecule has 1 aromatic heterocycles. The number of hydrogen-bond acceptors (Lipinski definition) is 1. The molecule has 1 atom stereocenters. The summed E-state index contributed by atoms with van der Waals surface area (Å²) >= 11 is 0. The Morgan fingerprint density at radius 3 is 2.59 bits per heavy atom. The highest BCUT2D eigenvalue weighted by atomic mass is 16.2. The lowest BCUT2D eigenvalue weighted by Crippen LogP contribution is -2.63. The van der Waals surface area contributed by atoms with E-state index < -0.39 is 0 Å². The highest BCUT2D eigenvalue weighted by molar-refractivity contribution is 6.05. The summed E-state index contributed by atoms with van der Waals surface area (Å²) in [4.78, 5) is 13.2. The van der Waals surface area contributed by atoms with E-state index in [4.69, 9.17) is 0 Å². The molecule has 1 unspecified atom stereocenters. The second-order valence-electron chi connectivity index (χ2n) is 6.36. The molecule has 0 radical (unpaired) electrons. The van der Waals surface area contributed by atoms with Crippen LogP contribution in [-0.2, 0) is 6.42 Å². The Kier molecular flexibility index (Phi) is 2.96. The van der Waals surface area contributed by atoms with Crippen LogP contribution in [0, 0.1) is 0 Å². The number of hydrogen-bond donors (Lipinski definition) is 0. The molecular formula is C19H20N2O. The van der Waals surface area contributed by atoms with Gasteiger partial charge in [-0.15, -0.1) is 0 Å². The molecule has 2 aromatic rings. The minimum atomic E-state index is -0.275. The lowest BCUT2D eigenvalue weighted by atomic mass is 9.71. The fourth-order valence-electron chi connectivity index (χ4n) is 4.00. The van der Waals surface area contributed by atoms with Crippen LogP contribution in [0.4, 0.5) is 0 Å². The molecule has 4 rings (SSSR count). The van der Waals surface area contributed by atoms with Crippen molar-refractivity contribution in [2.75, 3.05) is 5.01 Å². The van der Waals surface area contributed by atoms with E-state index in [1.807, 2.05) is 52.4 Å². The first kappa shape index (κ1) is 13.4. The molecule has 1 aliphatic carbocycles. The van der Waals surface area contributed by atoms with Crippen LogP contribution < -0.4 is 5.01 Å². The lowest BCUT2D eigenvalue weighted by Gasteiger charge is -2.50. The van der Waals surface area contributed by atoms with Crippen LogP contribution in [0.15, 0.2) is 60.9 Å². The van der Waals surface area contributed by atoms with Crippen LogP contribution in [0.25, 0.3) is 0 Å². The third kappa shape index (κ3) is 1.78. The summed E-state index contributed by atoms with van der Waals surface area (Å²) in [6, 6.07) is 11.9. The van der Waals surface area contributed by atoms with Gasteiger partial charge in [0.2, 0.25) is 0 Å². The molecule has 1 amide bonds. The second-order valence-corrected chi connectivity index (χ2v) is 6.36. The van der Waals surface area contributed by atoms with Gasteiger partial charge in [-0.2, -0.15) is 0 Å². The number of rotatable bonds is 1. The lowest BCUT2D eigenvalue weighted by molar-refractivity contribution is 0.0891. The fraction of sp³-hybridized carbons (Fsp3) is 0.316. The molecule has 0 N–H and O–H groups in total. The number of aromatic nitrogens is 1. The third-order valence-corrected chi connectivity index (χ3v) is 5.13.